The summed E-state index contributed by atoms with van der Waals surface area (Å²) >= 11 is 0. The van der Waals surface area contributed by atoms with E-state index in [0.29, 0.717) is 11.4 Å². The molecular formula is C15H22FN3. The number of benzene rings is 1. The Morgan fingerprint density at radius 2 is 2.11 bits per heavy atom. The fourth-order valence-electron chi connectivity index (χ4n) is 2.35. The highest BCUT2D eigenvalue weighted by atomic mass is 19.1. The molecule has 0 aliphatic carbocycles. The number of rotatable bonds is 5. The average Bonchev–Trinajstić information content (AvgIpc) is 2.78. The van der Waals surface area contributed by atoms with Crippen LogP contribution in [0.25, 0.3) is 11.0 Å². The highest BCUT2D eigenvalue weighted by Gasteiger charge is 2.21. The van der Waals surface area contributed by atoms with Gasteiger partial charge in [0, 0.05) is 6.54 Å². The molecular weight excluding hydrogens is 241 g/mol. The van der Waals surface area contributed by atoms with Crippen LogP contribution in [0.1, 0.15) is 45.5 Å². The van der Waals surface area contributed by atoms with Crippen molar-refractivity contribution in [2.75, 3.05) is 0 Å². The fraction of sp³-hybridized carbons (Fsp3) is 0.533. The first-order valence-corrected chi connectivity index (χ1v) is 7.00. The molecule has 2 aromatic rings. The lowest BCUT2D eigenvalue weighted by Crippen LogP contribution is -2.23. The quantitative estimate of drug-likeness (QED) is 0.895. The highest BCUT2D eigenvalue weighted by Crippen LogP contribution is 2.27. The normalized spacial score (nSPS) is 14.8. The summed E-state index contributed by atoms with van der Waals surface area (Å²) < 4.78 is 15.9. The van der Waals surface area contributed by atoms with Crippen LogP contribution in [-0.2, 0) is 6.54 Å². The maximum atomic E-state index is 13.8. The van der Waals surface area contributed by atoms with Gasteiger partial charge in [-0.15, -0.1) is 0 Å². The Labute approximate surface area is 113 Å². The zero-order chi connectivity index (χ0) is 14.0. The largest absolute Gasteiger partial charge is 0.327 e. The number of hydrogen-bond donors (Lipinski definition) is 1. The molecule has 2 rings (SSSR count). The minimum absolute atomic E-state index is 0.150. The summed E-state index contributed by atoms with van der Waals surface area (Å²) in [7, 11) is 0. The third-order valence-electron chi connectivity index (χ3n) is 3.76. The van der Waals surface area contributed by atoms with Crippen molar-refractivity contribution in [3.05, 3.63) is 29.8 Å². The van der Waals surface area contributed by atoms with E-state index in [9.17, 15) is 4.39 Å². The summed E-state index contributed by atoms with van der Waals surface area (Å²) in [6, 6.07) is 4.94. The van der Waals surface area contributed by atoms with Gasteiger partial charge in [0.2, 0.25) is 0 Å². The Hall–Kier alpha value is -1.42. The SMILES string of the molecule is CCCn1c(C(N)C(C)CC)nc2c(F)cccc21. The van der Waals surface area contributed by atoms with Gasteiger partial charge in [0.1, 0.15) is 11.3 Å². The molecule has 0 bridgehead atoms. The standard InChI is InChI=1S/C15H22FN3/c1-4-9-19-12-8-6-7-11(16)14(12)18-15(19)13(17)10(3)5-2/h6-8,10,13H,4-5,9,17H2,1-3H3. The van der Waals surface area contributed by atoms with E-state index in [0.717, 1.165) is 30.7 Å². The molecule has 0 aliphatic rings. The number of para-hydroxylation sites is 1. The first-order valence-electron chi connectivity index (χ1n) is 7.00. The summed E-state index contributed by atoms with van der Waals surface area (Å²) in [6.07, 6.45) is 1.96. The lowest BCUT2D eigenvalue weighted by Gasteiger charge is -2.19. The summed E-state index contributed by atoms with van der Waals surface area (Å²) in [5, 5.41) is 0. The highest BCUT2D eigenvalue weighted by molar-refractivity contribution is 5.76. The fourth-order valence-corrected chi connectivity index (χ4v) is 2.35. The Kier molecular flexibility index (Phi) is 4.20. The average molecular weight is 263 g/mol. The molecule has 2 N–H and O–H groups in total. The molecule has 1 aromatic heterocycles. The van der Waals surface area contributed by atoms with Gasteiger partial charge in [0.25, 0.3) is 0 Å². The lowest BCUT2D eigenvalue weighted by atomic mass is 9.99. The molecule has 4 heteroatoms. The minimum Gasteiger partial charge on any atom is -0.327 e. The van der Waals surface area contributed by atoms with Crippen LogP contribution in [0.15, 0.2) is 18.2 Å². The third-order valence-corrected chi connectivity index (χ3v) is 3.76. The Bertz CT molecular complexity index is 562. The van der Waals surface area contributed by atoms with E-state index in [-0.39, 0.29) is 11.9 Å². The molecule has 1 heterocycles. The van der Waals surface area contributed by atoms with Crippen LogP contribution in [0.2, 0.25) is 0 Å². The smallest absolute Gasteiger partial charge is 0.151 e. The topological polar surface area (TPSA) is 43.8 Å². The molecule has 104 valence electrons. The number of aromatic nitrogens is 2. The van der Waals surface area contributed by atoms with Crippen molar-refractivity contribution in [3.8, 4) is 0 Å². The van der Waals surface area contributed by atoms with Crippen molar-refractivity contribution in [1.82, 2.24) is 9.55 Å². The van der Waals surface area contributed by atoms with Crippen LogP contribution in [0.5, 0.6) is 0 Å². The maximum absolute atomic E-state index is 13.8. The second-order valence-electron chi connectivity index (χ2n) is 5.14. The van der Waals surface area contributed by atoms with Gasteiger partial charge in [-0.3, -0.25) is 0 Å². The van der Waals surface area contributed by atoms with Crippen molar-refractivity contribution >= 4 is 11.0 Å². The Morgan fingerprint density at radius 3 is 2.74 bits per heavy atom. The molecule has 0 aliphatic heterocycles. The predicted molar refractivity (Wildman–Crippen MR) is 76.4 cm³/mol. The minimum atomic E-state index is -0.273. The van der Waals surface area contributed by atoms with Crippen LogP contribution in [-0.4, -0.2) is 9.55 Å². The van der Waals surface area contributed by atoms with Gasteiger partial charge in [-0.05, 0) is 24.5 Å². The van der Waals surface area contributed by atoms with Crippen molar-refractivity contribution < 1.29 is 4.39 Å². The van der Waals surface area contributed by atoms with E-state index >= 15 is 0 Å². The Morgan fingerprint density at radius 1 is 1.37 bits per heavy atom. The van der Waals surface area contributed by atoms with Gasteiger partial charge < -0.3 is 10.3 Å². The molecule has 0 spiro atoms. The summed E-state index contributed by atoms with van der Waals surface area (Å²) in [5.74, 6) is 0.858. The lowest BCUT2D eigenvalue weighted by molar-refractivity contribution is 0.424. The van der Waals surface area contributed by atoms with E-state index in [1.54, 1.807) is 6.07 Å². The van der Waals surface area contributed by atoms with E-state index in [4.69, 9.17) is 5.73 Å². The van der Waals surface area contributed by atoms with Crippen molar-refractivity contribution in [2.24, 2.45) is 11.7 Å². The van der Waals surface area contributed by atoms with Crippen molar-refractivity contribution in [2.45, 2.75) is 46.2 Å². The maximum Gasteiger partial charge on any atom is 0.151 e. The molecule has 1 aromatic carbocycles. The van der Waals surface area contributed by atoms with Gasteiger partial charge in [-0.1, -0.05) is 33.3 Å². The van der Waals surface area contributed by atoms with Gasteiger partial charge in [0.15, 0.2) is 5.82 Å². The molecule has 2 unspecified atom stereocenters. The Balaban J connectivity index is 2.59. The summed E-state index contributed by atoms with van der Waals surface area (Å²) in [5.41, 5.74) is 7.57. The number of imidazole rings is 1. The van der Waals surface area contributed by atoms with Crippen LogP contribution in [0.4, 0.5) is 4.39 Å². The number of hydrogen-bond acceptors (Lipinski definition) is 2. The van der Waals surface area contributed by atoms with Crippen molar-refractivity contribution in [3.63, 3.8) is 0 Å². The monoisotopic (exact) mass is 263 g/mol. The summed E-state index contributed by atoms with van der Waals surface area (Å²) in [4.78, 5) is 4.46. The second-order valence-corrected chi connectivity index (χ2v) is 5.14. The molecule has 2 atom stereocenters. The van der Waals surface area contributed by atoms with Gasteiger partial charge in [0.05, 0.1) is 11.6 Å². The zero-order valence-corrected chi connectivity index (χ0v) is 11.9. The first-order chi connectivity index (χ1) is 9.10. The zero-order valence-electron chi connectivity index (χ0n) is 11.9. The van der Waals surface area contributed by atoms with E-state index in [1.807, 2.05) is 6.07 Å². The van der Waals surface area contributed by atoms with Crippen molar-refractivity contribution in [1.29, 1.82) is 0 Å². The first kappa shape index (κ1) is 14.0. The van der Waals surface area contributed by atoms with Crippen LogP contribution in [0.3, 0.4) is 0 Å². The number of halogens is 1. The predicted octanol–water partition coefficient (Wildman–Crippen LogP) is 3.63. The number of nitrogens with zero attached hydrogens (tertiary/aromatic N) is 2. The van der Waals surface area contributed by atoms with Gasteiger partial charge in [-0.25, -0.2) is 9.37 Å². The number of nitrogens with two attached hydrogens (primary N) is 1. The van der Waals surface area contributed by atoms with Crippen LogP contribution in [0, 0.1) is 11.7 Å². The molecule has 0 radical (unpaired) electrons. The third kappa shape index (κ3) is 2.50. The molecule has 0 fully saturated rings. The van der Waals surface area contributed by atoms with Gasteiger partial charge in [-0.2, -0.15) is 0 Å². The summed E-state index contributed by atoms with van der Waals surface area (Å²) in [6.45, 7) is 7.14. The van der Waals surface area contributed by atoms with E-state index in [2.05, 4.69) is 30.3 Å². The van der Waals surface area contributed by atoms with Crippen LogP contribution >= 0.6 is 0 Å². The number of aryl methyl sites for hydroxylation is 1. The molecule has 3 nitrogen and oxygen atoms in total. The second kappa shape index (κ2) is 5.70. The molecule has 0 saturated carbocycles. The van der Waals surface area contributed by atoms with E-state index < -0.39 is 0 Å². The molecule has 19 heavy (non-hydrogen) atoms. The molecule has 0 amide bonds. The number of fused-ring (bicyclic) bond motifs is 1. The van der Waals surface area contributed by atoms with E-state index in [1.165, 1.54) is 6.07 Å². The van der Waals surface area contributed by atoms with Gasteiger partial charge >= 0.3 is 0 Å². The molecule has 0 saturated heterocycles. The van der Waals surface area contributed by atoms with Crippen LogP contribution < -0.4 is 5.73 Å².